The molecule has 1 aliphatic rings. The Morgan fingerprint density at radius 1 is 1.16 bits per heavy atom. The summed E-state index contributed by atoms with van der Waals surface area (Å²) in [6.07, 6.45) is 3.38. The van der Waals surface area contributed by atoms with Crippen molar-refractivity contribution < 1.29 is 23.1 Å². The van der Waals surface area contributed by atoms with Crippen LogP contribution in [0.25, 0.3) is 11.0 Å². The number of hydrogen-bond donors (Lipinski definition) is 1. The van der Waals surface area contributed by atoms with Gasteiger partial charge in [-0.25, -0.2) is 23.9 Å². The van der Waals surface area contributed by atoms with E-state index < -0.39 is 11.4 Å². The third kappa shape index (κ3) is 5.73. The Morgan fingerprint density at radius 2 is 1.95 bits per heavy atom. The van der Waals surface area contributed by atoms with Crippen molar-refractivity contribution in [3.05, 3.63) is 87.8 Å². The van der Waals surface area contributed by atoms with Crippen molar-refractivity contribution in [2.45, 2.75) is 18.2 Å². The first kappa shape index (κ1) is 24.7. The summed E-state index contributed by atoms with van der Waals surface area (Å²) in [4.78, 5) is 35.2. The summed E-state index contributed by atoms with van der Waals surface area (Å²) in [6.45, 7) is 3.77. The molecule has 1 saturated heterocycles. The number of benzene rings is 2. The van der Waals surface area contributed by atoms with Crippen molar-refractivity contribution in [1.82, 2.24) is 19.6 Å². The van der Waals surface area contributed by atoms with Gasteiger partial charge in [0.25, 0.3) is 0 Å². The number of rotatable bonds is 6. The van der Waals surface area contributed by atoms with Gasteiger partial charge in [0.2, 0.25) is 0 Å². The molecule has 5 rings (SSSR count). The van der Waals surface area contributed by atoms with Crippen LogP contribution in [0.4, 0.5) is 9.18 Å². The lowest BCUT2D eigenvalue weighted by Crippen LogP contribution is -2.44. The van der Waals surface area contributed by atoms with Gasteiger partial charge >= 0.3 is 17.7 Å². The molecule has 1 aliphatic heterocycles. The lowest BCUT2D eigenvalue weighted by atomic mass is 9.99. The first-order chi connectivity index (χ1) is 18.0. The number of ether oxygens (including phenoxy) is 2. The van der Waals surface area contributed by atoms with Crippen LogP contribution in [0.1, 0.15) is 16.7 Å². The average molecular weight is 523 g/mol. The molecular weight excluding hydrogens is 499 g/mol. The van der Waals surface area contributed by atoms with E-state index in [9.17, 15) is 14.0 Å². The van der Waals surface area contributed by atoms with E-state index >= 15 is 0 Å². The quantitative estimate of drug-likeness (QED) is 0.292. The third-order valence-electron chi connectivity index (χ3n) is 5.93. The summed E-state index contributed by atoms with van der Waals surface area (Å²) in [5.41, 5.74) is 1.82. The van der Waals surface area contributed by atoms with E-state index in [1.807, 2.05) is 13.0 Å². The highest BCUT2D eigenvalue weighted by atomic mass is 32.2. The largest absolute Gasteiger partial charge is 0.424 e. The van der Waals surface area contributed by atoms with Gasteiger partial charge in [-0.3, -0.25) is 4.72 Å². The molecule has 0 bridgehead atoms. The smallest absolute Gasteiger partial charge is 0.340 e. The van der Waals surface area contributed by atoms with Crippen molar-refractivity contribution in [1.29, 1.82) is 0 Å². The molecule has 190 valence electrons. The van der Waals surface area contributed by atoms with Crippen LogP contribution in [0.2, 0.25) is 0 Å². The molecule has 1 fully saturated rings. The summed E-state index contributed by atoms with van der Waals surface area (Å²) in [7, 11) is 0. The van der Waals surface area contributed by atoms with Crippen LogP contribution < -0.4 is 15.1 Å². The van der Waals surface area contributed by atoms with Crippen LogP contribution in [0.5, 0.6) is 11.8 Å². The Labute approximate surface area is 215 Å². The SMILES string of the molecule is Cc1c(Cc2ccc(F)c(SNC(=O)N3CCOCC3)c2)c(=O)oc2cc(Oc3ncccn3)ccc12. The minimum atomic E-state index is -0.489. The van der Waals surface area contributed by atoms with E-state index in [1.165, 1.54) is 6.07 Å². The van der Waals surface area contributed by atoms with Gasteiger partial charge in [0, 0.05) is 48.9 Å². The first-order valence-corrected chi connectivity index (χ1v) is 12.4. The van der Waals surface area contributed by atoms with Gasteiger partial charge in [0.1, 0.15) is 17.1 Å². The number of urea groups is 1. The number of nitrogens with one attached hydrogen (secondary N) is 1. The highest BCUT2D eigenvalue weighted by molar-refractivity contribution is 7.98. The highest BCUT2D eigenvalue weighted by Crippen LogP contribution is 2.28. The molecule has 37 heavy (non-hydrogen) atoms. The Morgan fingerprint density at radius 3 is 2.73 bits per heavy atom. The van der Waals surface area contributed by atoms with Crippen LogP contribution >= 0.6 is 11.9 Å². The number of morpholine rings is 1. The van der Waals surface area contributed by atoms with E-state index in [0.717, 1.165) is 22.9 Å². The molecule has 4 aromatic rings. The fraction of sp³-hybridized carbons (Fsp3) is 0.231. The second-order valence-corrected chi connectivity index (χ2v) is 9.18. The summed E-state index contributed by atoms with van der Waals surface area (Å²) in [6, 6.07) is 11.3. The van der Waals surface area contributed by atoms with Gasteiger partial charge in [0.05, 0.1) is 18.1 Å². The van der Waals surface area contributed by atoms with Crippen LogP contribution in [0.3, 0.4) is 0 Å². The van der Waals surface area contributed by atoms with Crippen molar-refractivity contribution in [3.8, 4) is 11.8 Å². The van der Waals surface area contributed by atoms with Crippen molar-refractivity contribution in [2.24, 2.45) is 0 Å². The normalized spacial score (nSPS) is 13.5. The van der Waals surface area contributed by atoms with Crippen molar-refractivity contribution in [3.63, 3.8) is 0 Å². The van der Waals surface area contributed by atoms with Crippen LogP contribution in [0.15, 0.2) is 69.0 Å². The number of amides is 2. The zero-order chi connectivity index (χ0) is 25.8. The zero-order valence-electron chi connectivity index (χ0n) is 19.9. The minimum absolute atomic E-state index is 0.184. The molecule has 9 nitrogen and oxygen atoms in total. The van der Waals surface area contributed by atoms with Gasteiger partial charge in [0.15, 0.2) is 0 Å². The molecule has 0 radical (unpaired) electrons. The molecule has 2 amide bonds. The Bertz CT molecular complexity index is 1490. The molecular formula is C26H23FN4O5S. The number of hydrogen-bond acceptors (Lipinski definition) is 8. The molecule has 11 heteroatoms. The van der Waals surface area contributed by atoms with Crippen LogP contribution in [-0.2, 0) is 11.2 Å². The Kier molecular flexibility index (Phi) is 7.33. The second kappa shape index (κ2) is 11.0. The number of aryl methyl sites for hydroxylation is 1. The van der Waals surface area contributed by atoms with Gasteiger partial charge in [-0.1, -0.05) is 6.07 Å². The predicted molar refractivity (Wildman–Crippen MR) is 135 cm³/mol. The fourth-order valence-electron chi connectivity index (χ4n) is 3.96. The first-order valence-electron chi connectivity index (χ1n) is 11.6. The number of halogens is 1. The number of nitrogens with zero attached hydrogens (tertiary/aromatic N) is 3. The van der Waals surface area contributed by atoms with Gasteiger partial charge < -0.3 is 18.8 Å². The van der Waals surface area contributed by atoms with Gasteiger partial charge in [-0.2, -0.15) is 0 Å². The standard InChI is InChI=1S/C26H23FN4O5S/c1-16-19-5-4-18(35-25-28-7-2-8-29-25)15-22(19)36-24(32)20(16)13-17-3-6-21(27)23(14-17)37-30-26(33)31-9-11-34-12-10-31/h2-8,14-15H,9-13H2,1H3,(H,30,33). The molecule has 0 unspecified atom stereocenters. The monoisotopic (exact) mass is 522 g/mol. The van der Waals surface area contributed by atoms with E-state index in [1.54, 1.807) is 47.6 Å². The Hall–Kier alpha value is -3.96. The third-order valence-corrected chi connectivity index (χ3v) is 6.74. The lowest BCUT2D eigenvalue weighted by molar-refractivity contribution is 0.0546. The fourth-order valence-corrected chi connectivity index (χ4v) is 4.66. The summed E-state index contributed by atoms with van der Waals surface area (Å²) in [5.74, 6) is -0.0263. The summed E-state index contributed by atoms with van der Waals surface area (Å²) >= 11 is 0.904. The van der Waals surface area contributed by atoms with Crippen LogP contribution in [0, 0.1) is 12.7 Å². The van der Waals surface area contributed by atoms with E-state index in [2.05, 4.69) is 14.7 Å². The summed E-state index contributed by atoms with van der Waals surface area (Å²) in [5, 5.41) is 0.755. The molecule has 2 aromatic heterocycles. The number of aromatic nitrogens is 2. The molecule has 1 N–H and O–H groups in total. The lowest BCUT2D eigenvalue weighted by Gasteiger charge is -2.26. The van der Waals surface area contributed by atoms with Gasteiger partial charge in [-0.15, -0.1) is 0 Å². The molecule has 0 atom stereocenters. The molecule has 0 saturated carbocycles. The van der Waals surface area contributed by atoms with E-state index in [4.69, 9.17) is 13.9 Å². The maximum atomic E-state index is 14.5. The average Bonchev–Trinajstić information content (AvgIpc) is 2.92. The number of carbonyl (C=O) groups is 1. The zero-order valence-corrected chi connectivity index (χ0v) is 20.7. The maximum absolute atomic E-state index is 14.5. The topological polar surface area (TPSA) is 107 Å². The molecule has 0 aliphatic carbocycles. The van der Waals surface area contributed by atoms with E-state index in [0.29, 0.717) is 48.8 Å². The van der Waals surface area contributed by atoms with E-state index in [-0.39, 0.29) is 23.4 Å². The van der Waals surface area contributed by atoms with Gasteiger partial charge in [-0.05, 0) is 60.3 Å². The van der Waals surface area contributed by atoms with Crippen LogP contribution in [-0.4, -0.2) is 47.2 Å². The number of fused-ring (bicyclic) bond motifs is 1. The molecule has 3 heterocycles. The Balaban J connectivity index is 1.34. The molecule has 2 aromatic carbocycles. The second-order valence-electron chi connectivity index (χ2n) is 8.33. The molecule has 0 spiro atoms. The minimum Gasteiger partial charge on any atom is -0.424 e. The number of carbonyl (C=O) groups excluding carboxylic acids is 1. The predicted octanol–water partition coefficient (Wildman–Crippen LogP) is 4.46. The summed E-state index contributed by atoms with van der Waals surface area (Å²) < 4.78 is 33.6. The maximum Gasteiger partial charge on any atom is 0.340 e. The highest BCUT2D eigenvalue weighted by Gasteiger charge is 2.18. The van der Waals surface area contributed by atoms with Crippen molar-refractivity contribution in [2.75, 3.05) is 26.3 Å². The van der Waals surface area contributed by atoms with Crippen molar-refractivity contribution >= 4 is 28.9 Å².